The van der Waals surface area contributed by atoms with Crippen molar-refractivity contribution in [2.45, 2.75) is 27.2 Å². The molecule has 0 atom stereocenters. The second-order valence-corrected chi connectivity index (χ2v) is 6.17. The van der Waals surface area contributed by atoms with Gasteiger partial charge in [-0.3, -0.25) is 0 Å². The van der Waals surface area contributed by atoms with Crippen molar-refractivity contribution in [2.75, 3.05) is 19.0 Å². The molecule has 0 aliphatic heterocycles. The summed E-state index contributed by atoms with van der Waals surface area (Å²) < 4.78 is 26.1. The molecule has 0 saturated carbocycles. The first-order valence-electron chi connectivity index (χ1n) is 5.45. The van der Waals surface area contributed by atoms with Gasteiger partial charge in [0.05, 0.1) is 19.0 Å². The summed E-state index contributed by atoms with van der Waals surface area (Å²) in [5, 5.41) is 29.9. The molecule has 0 unspecified atom stereocenters. The van der Waals surface area contributed by atoms with Gasteiger partial charge in [-0.15, -0.1) is 0 Å². The van der Waals surface area contributed by atoms with Crippen LogP contribution < -0.4 is 5.11 Å². The van der Waals surface area contributed by atoms with E-state index in [1.165, 1.54) is 0 Å². The maximum absolute atomic E-state index is 11.7. The lowest BCUT2D eigenvalue weighted by Crippen LogP contribution is -2.45. The molecule has 0 heterocycles. The molecule has 0 aromatic carbocycles. The van der Waals surface area contributed by atoms with Crippen LogP contribution in [0.1, 0.15) is 27.2 Å². The van der Waals surface area contributed by atoms with Crippen LogP contribution in [-0.2, 0) is 10.0 Å². The molecule has 7 heteroatoms. The van der Waals surface area contributed by atoms with Crippen LogP contribution in [0, 0.1) is 11.3 Å². The lowest BCUT2D eigenvalue weighted by molar-refractivity contribution is -0.235. The predicted octanol–water partition coefficient (Wildman–Crippen LogP) is -0.888. The van der Waals surface area contributed by atoms with E-state index >= 15 is 0 Å². The lowest BCUT2D eigenvalue weighted by atomic mass is 9.87. The molecule has 0 aliphatic carbocycles. The van der Waals surface area contributed by atoms with Crippen LogP contribution in [-0.4, -0.2) is 43.5 Å². The van der Waals surface area contributed by atoms with Gasteiger partial charge in [0.2, 0.25) is 0 Å². The fourth-order valence-corrected chi connectivity index (χ4v) is 2.61. The Balaban J connectivity index is 5.20. The Hall–Kier alpha value is -0.660. The van der Waals surface area contributed by atoms with Crippen molar-refractivity contribution in [3.05, 3.63) is 0 Å². The van der Waals surface area contributed by atoms with Crippen molar-refractivity contribution in [2.24, 2.45) is 15.7 Å². The quantitative estimate of drug-likeness (QED) is 0.459. The van der Waals surface area contributed by atoms with E-state index < -0.39 is 34.5 Å². The van der Waals surface area contributed by atoms with Crippen molar-refractivity contribution >= 4 is 15.9 Å². The minimum atomic E-state index is -3.84. The summed E-state index contributed by atoms with van der Waals surface area (Å²) in [7, 11) is -3.84. The van der Waals surface area contributed by atoms with Crippen LogP contribution in [0.2, 0.25) is 0 Å². The molecule has 0 fully saturated rings. The zero-order valence-corrected chi connectivity index (χ0v) is 11.2. The summed E-state index contributed by atoms with van der Waals surface area (Å²) in [6.07, 6.45) is 0.125. The van der Waals surface area contributed by atoms with Gasteiger partial charge in [-0.05, 0) is 18.2 Å². The number of nitrogens with zero attached hydrogens (tertiary/aromatic N) is 1. The van der Waals surface area contributed by atoms with Crippen LogP contribution in [0.25, 0.3) is 0 Å². The zero-order valence-electron chi connectivity index (χ0n) is 10.4. The number of aliphatic hydroxyl groups excluding tert-OH is 2. The highest BCUT2D eigenvalue weighted by molar-refractivity contribution is 7.90. The standard InChI is InChI=1S/C10H21NO5S/c1-4-10(6-12,7-13)9(14)11-17(15,16)5-8(2)3/h8,12-13H,4-7H2,1-3H3,(H,11,14)/p-1. The molecule has 0 radical (unpaired) electrons. The van der Waals surface area contributed by atoms with Gasteiger partial charge in [-0.1, -0.05) is 20.8 Å². The third-order valence-corrected chi connectivity index (χ3v) is 4.03. The minimum Gasteiger partial charge on any atom is -0.861 e. The maximum atomic E-state index is 11.7. The highest BCUT2D eigenvalue weighted by atomic mass is 32.2. The van der Waals surface area contributed by atoms with E-state index in [0.717, 1.165) is 0 Å². The van der Waals surface area contributed by atoms with Crippen molar-refractivity contribution in [1.29, 1.82) is 0 Å². The van der Waals surface area contributed by atoms with Gasteiger partial charge in [-0.25, -0.2) is 8.42 Å². The maximum Gasteiger partial charge on any atom is 0.252 e. The van der Waals surface area contributed by atoms with E-state index in [0.29, 0.717) is 0 Å². The largest absolute Gasteiger partial charge is 0.861 e. The molecule has 0 spiro atoms. The van der Waals surface area contributed by atoms with E-state index in [4.69, 9.17) is 10.2 Å². The van der Waals surface area contributed by atoms with E-state index in [1.54, 1.807) is 20.8 Å². The highest BCUT2D eigenvalue weighted by Crippen LogP contribution is 2.21. The van der Waals surface area contributed by atoms with Gasteiger partial charge in [0.15, 0.2) is 0 Å². The number of hydrogen-bond donors (Lipinski definition) is 2. The summed E-state index contributed by atoms with van der Waals surface area (Å²) >= 11 is 0. The first-order chi connectivity index (χ1) is 7.73. The first-order valence-corrected chi connectivity index (χ1v) is 7.05. The Labute approximate surface area is 102 Å². The number of hydrogen-bond acceptors (Lipinski definition) is 5. The van der Waals surface area contributed by atoms with Crippen molar-refractivity contribution in [3.8, 4) is 0 Å². The fraction of sp³-hybridized carbons (Fsp3) is 0.900. The van der Waals surface area contributed by atoms with Gasteiger partial charge in [0.25, 0.3) is 10.0 Å². The molecule has 0 rings (SSSR count). The van der Waals surface area contributed by atoms with E-state index in [9.17, 15) is 13.5 Å². The average molecular weight is 266 g/mol. The summed E-state index contributed by atoms with van der Waals surface area (Å²) in [4.78, 5) is 0. The summed E-state index contributed by atoms with van der Waals surface area (Å²) in [5.41, 5.74) is -1.50. The van der Waals surface area contributed by atoms with E-state index in [-0.39, 0.29) is 18.1 Å². The highest BCUT2D eigenvalue weighted by Gasteiger charge is 2.28. The smallest absolute Gasteiger partial charge is 0.252 e. The molecule has 102 valence electrons. The van der Waals surface area contributed by atoms with Crippen molar-refractivity contribution < 1.29 is 23.7 Å². The molecule has 0 aromatic heterocycles. The van der Waals surface area contributed by atoms with Crippen LogP contribution in [0.3, 0.4) is 0 Å². The van der Waals surface area contributed by atoms with Gasteiger partial charge in [0, 0.05) is 5.41 Å². The van der Waals surface area contributed by atoms with Crippen LogP contribution in [0.5, 0.6) is 0 Å². The Morgan fingerprint density at radius 1 is 1.35 bits per heavy atom. The third-order valence-electron chi connectivity index (χ3n) is 2.50. The van der Waals surface area contributed by atoms with Gasteiger partial charge in [-0.2, -0.15) is 4.40 Å². The molecule has 0 amide bonds. The molecule has 6 nitrogen and oxygen atoms in total. The predicted molar refractivity (Wildman–Crippen MR) is 63.0 cm³/mol. The third kappa shape index (κ3) is 4.61. The summed E-state index contributed by atoms with van der Waals surface area (Å²) in [6, 6.07) is 0. The Morgan fingerprint density at radius 3 is 2.12 bits per heavy atom. The lowest BCUT2D eigenvalue weighted by Gasteiger charge is -2.33. The second kappa shape index (κ2) is 6.32. The molecular weight excluding hydrogens is 246 g/mol. The molecule has 0 aliphatic rings. The second-order valence-electron chi connectivity index (χ2n) is 4.49. The molecule has 0 saturated heterocycles. The normalized spacial score (nSPS) is 14.4. The van der Waals surface area contributed by atoms with Gasteiger partial charge in [0.1, 0.15) is 0 Å². The zero-order chi connectivity index (χ0) is 13.7. The average Bonchev–Trinajstić information content (AvgIpc) is 2.18. The summed E-state index contributed by atoms with van der Waals surface area (Å²) in [6.45, 7) is 3.72. The molecule has 0 bridgehead atoms. The van der Waals surface area contributed by atoms with Crippen LogP contribution >= 0.6 is 0 Å². The molecule has 0 aromatic rings. The van der Waals surface area contributed by atoms with Crippen molar-refractivity contribution in [3.63, 3.8) is 0 Å². The Kier molecular flexibility index (Phi) is 6.08. The van der Waals surface area contributed by atoms with Gasteiger partial charge < -0.3 is 15.3 Å². The Morgan fingerprint density at radius 2 is 1.82 bits per heavy atom. The van der Waals surface area contributed by atoms with E-state index in [2.05, 4.69) is 4.40 Å². The number of aliphatic hydroxyl groups is 2. The molecule has 17 heavy (non-hydrogen) atoms. The van der Waals surface area contributed by atoms with Crippen molar-refractivity contribution in [1.82, 2.24) is 0 Å². The van der Waals surface area contributed by atoms with Crippen LogP contribution in [0.15, 0.2) is 4.40 Å². The van der Waals surface area contributed by atoms with Gasteiger partial charge >= 0.3 is 0 Å². The fourth-order valence-electron chi connectivity index (χ4n) is 1.24. The monoisotopic (exact) mass is 266 g/mol. The number of sulfonamides is 1. The molecule has 2 N–H and O–H groups in total. The SMILES string of the molecule is CCC(CO)(CO)/C([O-])=N/S(=O)(=O)CC(C)C. The molecular formula is C10H20NO5S-. The summed E-state index contributed by atoms with van der Waals surface area (Å²) in [5.74, 6) is -1.35. The number of rotatable bonds is 7. The topological polar surface area (TPSA) is 110 Å². The van der Waals surface area contributed by atoms with Crippen LogP contribution in [0.4, 0.5) is 0 Å². The first kappa shape index (κ1) is 16.3. The van der Waals surface area contributed by atoms with E-state index in [1.807, 2.05) is 0 Å². The Bertz CT molecular complexity index is 349. The minimum absolute atomic E-state index is 0.125.